The molecule has 0 heterocycles. The van der Waals surface area contributed by atoms with Crippen molar-refractivity contribution >= 4 is 17.8 Å². The molecule has 10 heteroatoms. The van der Waals surface area contributed by atoms with E-state index in [-0.39, 0.29) is 18.4 Å². The van der Waals surface area contributed by atoms with Crippen LogP contribution in [-0.2, 0) is 9.59 Å². The van der Waals surface area contributed by atoms with E-state index in [9.17, 15) is 19.7 Å². The molecule has 156 valence electrons. The number of nitrogens with zero attached hydrogens (tertiary/aromatic N) is 1. The maximum Gasteiger partial charge on any atom is 0.258 e. The third-order valence-corrected chi connectivity index (χ3v) is 4.31. The molecule has 2 amide bonds. The first-order chi connectivity index (χ1) is 12.5. The quantitative estimate of drug-likeness (QED) is 0.112. The van der Waals surface area contributed by atoms with Crippen LogP contribution in [0.5, 0.6) is 0 Å². The number of rotatable bonds is 12. The van der Waals surface area contributed by atoms with Gasteiger partial charge in [-0.25, -0.2) is 10.1 Å². The van der Waals surface area contributed by atoms with Gasteiger partial charge in [-0.2, -0.15) is 0 Å². The first-order valence-corrected chi connectivity index (χ1v) is 9.29. The van der Waals surface area contributed by atoms with Gasteiger partial charge >= 0.3 is 0 Å². The molecule has 0 spiro atoms. The first kappa shape index (κ1) is 24.8. The van der Waals surface area contributed by atoms with Crippen molar-refractivity contribution in [2.24, 2.45) is 11.3 Å². The molecule has 0 saturated heterocycles. The lowest BCUT2D eigenvalue weighted by Crippen LogP contribution is -2.48. The molecule has 0 aliphatic carbocycles. The predicted octanol–water partition coefficient (Wildman–Crippen LogP) is 1.16. The molecule has 0 aromatic heterocycles. The van der Waals surface area contributed by atoms with Gasteiger partial charge in [-0.05, 0) is 31.7 Å². The van der Waals surface area contributed by atoms with Crippen LogP contribution in [0.1, 0.15) is 60.3 Å². The zero-order valence-corrected chi connectivity index (χ0v) is 17.0. The minimum absolute atomic E-state index is 0.0329. The van der Waals surface area contributed by atoms with Crippen molar-refractivity contribution in [2.45, 2.75) is 66.3 Å². The summed E-state index contributed by atoms with van der Waals surface area (Å²) in [5.41, 5.74) is 1.06. The summed E-state index contributed by atoms with van der Waals surface area (Å²) in [6.07, 6.45) is 2.09. The Kier molecular flexibility index (Phi) is 11.2. The highest BCUT2D eigenvalue weighted by molar-refractivity contribution is 5.94. The summed E-state index contributed by atoms with van der Waals surface area (Å²) in [6, 6.07) is -0.251. The van der Waals surface area contributed by atoms with E-state index in [1.165, 1.54) is 0 Å². The number of hydrogen-bond donors (Lipinski definition) is 5. The average Bonchev–Trinajstić information content (AvgIpc) is 2.54. The average molecular weight is 386 g/mol. The minimum atomic E-state index is -0.920. The number of hydrogen-bond acceptors (Lipinski definition) is 6. The Balaban J connectivity index is 4.63. The zero-order valence-electron chi connectivity index (χ0n) is 17.0. The maximum atomic E-state index is 12.4. The Morgan fingerprint density at radius 2 is 1.85 bits per heavy atom. The molecule has 0 unspecified atom stereocenters. The third kappa shape index (κ3) is 11.9. The number of carbonyl (C=O) groups is 2. The van der Waals surface area contributed by atoms with Crippen molar-refractivity contribution in [1.29, 1.82) is 5.41 Å². The van der Waals surface area contributed by atoms with Gasteiger partial charge in [-0.1, -0.05) is 40.0 Å². The van der Waals surface area contributed by atoms with Crippen molar-refractivity contribution in [2.75, 3.05) is 13.1 Å². The van der Waals surface area contributed by atoms with Crippen molar-refractivity contribution in [3.05, 3.63) is 10.1 Å². The molecule has 0 aromatic rings. The highest BCUT2D eigenvalue weighted by Gasteiger charge is 2.27. The van der Waals surface area contributed by atoms with Crippen LogP contribution in [0.3, 0.4) is 0 Å². The van der Waals surface area contributed by atoms with E-state index in [1.807, 2.05) is 20.8 Å². The van der Waals surface area contributed by atoms with Crippen LogP contribution in [0, 0.1) is 26.9 Å². The van der Waals surface area contributed by atoms with Crippen LogP contribution in [0.15, 0.2) is 0 Å². The van der Waals surface area contributed by atoms with Gasteiger partial charge in [0.05, 0.1) is 0 Å². The van der Waals surface area contributed by atoms with Crippen molar-refractivity contribution < 1.29 is 14.6 Å². The predicted molar refractivity (Wildman–Crippen MR) is 104 cm³/mol. The molecule has 0 rings (SSSR count). The molecule has 0 aliphatic heterocycles. The van der Waals surface area contributed by atoms with Gasteiger partial charge in [0, 0.05) is 24.4 Å². The minimum Gasteiger partial charge on any atom is -0.352 e. The largest absolute Gasteiger partial charge is 0.352 e. The maximum absolute atomic E-state index is 12.4. The van der Waals surface area contributed by atoms with Gasteiger partial charge < -0.3 is 10.6 Å². The van der Waals surface area contributed by atoms with Crippen LogP contribution in [0.2, 0.25) is 0 Å². The van der Waals surface area contributed by atoms with Crippen molar-refractivity contribution in [3.63, 3.8) is 0 Å². The summed E-state index contributed by atoms with van der Waals surface area (Å²) in [5.74, 6) is -0.724. The fraction of sp³-hybridized carbons (Fsp3) is 0.824. The Bertz CT molecular complexity index is 522. The number of carbonyl (C=O) groups excluding carboxylic acids is 2. The molecular formula is C17H34N6O4. The number of hydrazine groups is 1. The van der Waals surface area contributed by atoms with Gasteiger partial charge in [0.1, 0.15) is 0 Å². The molecule has 5 N–H and O–H groups in total. The fourth-order valence-corrected chi connectivity index (χ4v) is 2.06. The summed E-state index contributed by atoms with van der Waals surface area (Å²) in [5, 5.41) is 25.0. The van der Waals surface area contributed by atoms with E-state index in [4.69, 9.17) is 5.41 Å². The van der Waals surface area contributed by atoms with E-state index in [0.717, 1.165) is 13.0 Å². The molecule has 0 fully saturated rings. The molecular weight excluding hydrogens is 352 g/mol. The topological polar surface area (TPSA) is 149 Å². The number of nitro groups is 1. The summed E-state index contributed by atoms with van der Waals surface area (Å²) in [7, 11) is 0. The molecule has 0 aliphatic rings. The van der Waals surface area contributed by atoms with Crippen LogP contribution in [-0.4, -0.2) is 41.9 Å². The lowest BCUT2D eigenvalue weighted by molar-refractivity contribution is -0.525. The van der Waals surface area contributed by atoms with Gasteiger partial charge in [-0.15, -0.1) is 0 Å². The molecule has 0 saturated carbocycles. The molecule has 0 aromatic carbocycles. The fourth-order valence-electron chi connectivity index (χ4n) is 2.06. The van der Waals surface area contributed by atoms with E-state index in [1.54, 1.807) is 5.43 Å². The second-order valence-electron chi connectivity index (χ2n) is 7.63. The highest BCUT2D eigenvalue weighted by atomic mass is 16.7. The number of amides is 2. The number of guanidine groups is 1. The molecule has 10 nitrogen and oxygen atoms in total. The summed E-state index contributed by atoms with van der Waals surface area (Å²) >= 11 is 0. The standard InChI is InChI=1S/C17H34N6O4/c1-6-17(4,5)15(25)20-13(11-19-10-9-12(2)3)7-8-14(24)21-16(18)22-23(26)27/h12-13,19H,6-11H2,1-5H3,(H,20,25)(H3,18,21,22,24)/t13-/m1/s1. The molecule has 1 atom stereocenters. The SMILES string of the molecule is CCC(C)(C)C(=O)N[C@H](CCC(=O)NC(=N)N[N+](=O)[O-])CNCCC(C)C. The Labute approximate surface area is 160 Å². The van der Waals surface area contributed by atoms with E-state index in [2.05, 4.69) is 29.8 Å². The van der Waals surface area contributed by atoms with Gasteiger partial charge in [-0.3, -0.25) is 20.3 Å². The van der Waals surface area contributed by atoms with E-state index in [0.29, 0.717) is 25.3 Å². The van der Waals surface area contributed by atoms with Gasteiger partial charge in [0.25, 0.3) is 5.96 Å². The summed E-state index contributed by atoms with van der Waals surface area (Å²) in [4.78, 5) is 34.5. The smallest absolute Gasteiger partial charge is 0.258 e. The lowest BCUT2D eigenvalue weighted by atomic mass is 9.89. The van der Waals surface area contributed by atoms with Crippen LogP contribution < -0.4 is 21.4 Å². The monoisotopic (exact) mass is 386 g/mol. The first-order valence-electron chi connectivity index (χ1n) is 9.29. The summed E-state index contributed by atoms with van der Waals surface area (Å²) < 4.78 is 0. The number of nitrogens with one attached hydrogen (secondary N) is 5. The van der Waals surface area contributed by atoms with Crippen LogP contribution in [0.4, 0.5) is 0 Å². The Morgan fingerprint density at radius 1 is 1.22 bits per heavy atom. The third-order valence-electron chi connectivity index (χ3n) is 4.31. The Morgan fingerprint density at radius 3 is 2.37 bits per heavy atom. The van der Waals surface area contributed by atoms with Crippen molar-refractivity contribution in [1.82, 2.24) is 21.4 Å². The molecule has 0 radical (unpaired) electrons. The van der Waals surface area contributed by atoms with Crippen LogP contribution >= 0.6 is 0 Å². The van der Waals surface area contributed by atoms with Crippen molar-refractivity contribution in [3.8, 4) is 0 Å². The summed E-state index contributed by atoms with van der Waals surface area (Å²) in [6.45, 7) is 11.3. The van der Waals surface area contributed by atoms with E-state index >= 15 is 0 Å². The van der Waals surface area contributed by atoms with E-state index < -0.39 is 22.3 Å². The van der Waals surface area contributed by atoms with Gasteiger partial charge in [0.2, 0.25) is 11.8 Å². The molecule has 27 heavy (non-hydrogen) atoms. The normalized spacial score (nSPS) is 12.4. The van der Waals surface area contributed by atoms with Crippen LogP contribution in [0.25, 0.3) is 0 Å². The highest BCUT2D eigenvalue weighted by Crippen LogP contribution is 2.20. The molecule has 0 bridgehead atoms. The lowest BCUT2D eigenvalue weighted by Gasteiger charge is -2.26. The second kappa shape index (κ2) is 12.2. The zero-order chi connectivity index (χ0) is 21.0. The Hall–Kier alpha value is -2.23. The van der Waals surface area contributed by atoms with Gasteiger partial charge in [0.15, 0.2) is 5.03 Å². The second-order valence-corrected chi connectivity index (χ2v) is 7.63.